The molecule has 1 heterocycles. The van der Waals surface area contributed by atoms with Crippen LogP contribution in [0.1, 0.15) is 57.3 Å². The molecule has 0 unspecified atom stereocenters. The Morgan fingerprint density at radius 2 is 1.71 bits per heavy atom. The predicted molar refractivity (Wildman–Crippen MR) is 136 cm³/mol. The Kier molecular flexibility index (Phi) is 6.40. The van der Waals surface area contributed by atoms with Crippen LogP contribution < -0.4 is 0 Å². The summed E-state index contributed by atoms with van der Waals surface area (Å²) in [7, 11) is 0. The average Bonchev–Trinajstić information content (AvgIpc) is 3.30. The standard InChI is InChI=1S/C30H33NO3/c1-19(2)23-17-16-20(3)18-26(23)33-30(32)27-28(34-29(31-27)22-11-5-4-6-12-22)25-15-9-13-21-10-7-8-14-24(21)25/h4-15,19-20,23,26-28H,16-18H2,1-3H3/t20-,23+,26-,27+,28+/m1/s1. The van der Waals surface area contributed by atoms with Crippen molar-refractivity contribution in [2.24, 2.45) is 22.7 Å². The first-order chi connectivity index (χ1) is 16.5. The third-order valence-electron chi connectivity index (χ3n) is 7.40. The normalized spacial score (nSPS) is 26.8. The van der Waals surface area contributed by atoms with E-state index >= 15 is 0 Å². The highest BCUT2D eigenvalue weighted by molar-refractivity contribution is 5.99. The van der Waals surface area contributed by atoms with Gasteiger partial charge in [0, 0.05) is 11.1 Å². The monoisotopic (exact) mass is 455 g/mol. The Labute approximate surface area is 202 Å². The molecule has 3 aromatic carbocycles. The van der Waals surface area contributed by atoms with Crippen molar-refractivity contribution >= 4 is 22.6 Å². The van der Waals surface area contributed by atoms with Crippen LogP contribution in [0.2, 0.25) is 0 Å². The highest BCUT2D eigenvalue weighted by Gasteiger charge is 2.42. The summed E-state index contributed by atoms with van der Waals surface area (Å²) < 4.78 is 12.7. The van der Waals surface area contributed by atoms with Gasteiger partial charge in [0.2, 0.25) is 5.90 Å². The minimum absolute atomic E-state index is 0.0691. The lowest BCUT2D eigenvalue weighted by Crippen LogP contribution is -2.39. The maximum Gasteiger partial charge on any atom is 0.335 e. The zero-order valence-corrected chi connectivity index (χ0v) is 20.2. The van der Waals surface area contributed by atoms with Gasteiger partial charge in [-0.2, -0.15) is 0 Å². The molecule has 5 rings (SSSR count). The number of esters is 1. The minimum Gasteiger partial charge on any atom is -0.466 e. The fourth-order valence-electron chi connectivity index (χ4n) is 5.51. The zero-order valence-electron chi connectivity index (χ0n) is 20.2. The molecule has 4 nitrogen and oxygen atoms in total. The quantitative estimate of drug-likeness (QED) is 0.401. The Balaban J connectivity index is 1.49. The number of hydrogen-bond donors (Lipinski definition) is 0. The molecule has 3 aromatic rings. The molecule has 1 aliphatic carbocycles. The van der Waals surface area contributed by atoms with Crippen LogP contribution >= 0.6 is 0 Å². The molecule has 0 radical (unpaired) electrons. The average molecular weight is 456 g/mol. The lowest BCUT2D eigenvalue weighted by atomic mass is 9.75. The number of fused-ring (bicyclic) bond motifs is 1. The van der Waals surface area contributed by atoms with E-state index in [0.717, 1.165) is 34.7 Å². The van der Waals surface area contributed by atoms with Gasteiger partial charge in [-0.15, -0.1) is 0 Å². The number of hydrogen-bond acceptors (Lipinski definition) is 4. The summed E-state index contributed by atoms with van der Waals surface area (Å²) in [6.45, 7) is 6.70. The third kappa shape index (κ3) is 4.46. The van der Waals surface area contributed by atoms with Gasteiger partial charge in [0.05, 0.1) is 0 Å². The lowest BCUT2D eigenvalue weighted by molar-refractivity contribution is -0.159. The topological polar surface area (TPSA) is 47.9 Å². The maximum absolute atomic E-state index is 13.7. The van der Waals surface area contributed by atoms with Crippen molar-refractivity contribution < 1.29 is 14.3 Å². The number of aliphatic imine (C=N–C) groups is 1. The van der Waals surface area contributed by atoms with Crippen LogP contribution in [0.5, 0.6) is 0 Å². The van der Waals surface area contributed by atoms with Gasteiger partial charge in [0.25, 0.3) is 0 Å². The Morgan fingerprint density at radius 3 is 2.50 bits per heavy atom. The molecular formula is C30H33NO3. The van der Waals surface area contributed by atoms with E-state index in [1.54, 1.807) is 0 Å². The number of rotatable bonds is 5. The third-order valence-corrected chi connectivity index (χ3v) is 7.40. The molecule has 1 fully saturated rings. The summed E-state index contributed by atoms with van der Waals surface area (Å²) in [6.07, 6.45) is 2.62. The Hall–Kier alpha value is -3.14. The molecule has 0 bridgehead atoms. The summed E-state index contributed by atoms with van der Waals surface area (Å²) in [6, 6.07) is 23.4. The molecule has 176 valence electrons. The lowest BCUT2D eigenvalue weighted by Gasteiger charge is -2.37. The second-order valence-electron chi connectivity index (χ2n) is 10.2. The van der Waals surface area contributed by atoms with E-state index in [9.17, 15) is 4.79 Å². The molecule has 34 heavy (non-hydrogen) atoms. The van der Waals surface area contributed by atoms with E-state index in [1.807, 2.05) is 54.6 Å². The van der Waals surface area contributed by atoms with E-state index in [4.69, 9.17) is 14.5 Å². The SMILES string of the molecule is CC(C)[C@@H]1CC[C@@H](C)C[C@H]1OC(=O)[C@H]1N=C(c2ccccc2)O[C@H]1c1cccc2ccccc12. The van der Waals surface area contributed by atoms with Gasteiger partial charge in [-0.1, -0.05) is 87.9 Å². The highest BCUT2D eigenvalue weighted by atomic mass is 16.6. The van der Waals surface area contributed by atoms with Gasteiger partial charge in [0.15, 0.2) is 12.1 Å². The maximum atomic E-state index is 13.7. The zero-order chi connectivity index (χ0) is 23.7. The van der Waals surface area contributed by atoms with Crippen molar-refractivity contribution in [1.29, 1.82) is 0 Å². The van der Waals surface area contributed by atoms with Crippen LogP contribution in [0.3, 0.4) is 0 Å². The largest absolute Gasteiger partial charge is 0.466 e. The summed E-state index contributed by atoms with van der Waals surface area (Å²) in [4.78, 5) is 18.5. The molecule has 0 saturated heterocycles. The van der Waals surface area contributed by atoms with Gasteiger partial charge in [-0.3, -0.25) is 0 Å². The van der Waals surface area contributed by atoms with Crippen molar-refractivity contribution in [1.82, 2.24) is 0 Å². The van der Waals surface area contributed by atoms with Crippen molar-refractivity contribution in [2.45, 2.75) is 58.3 Å². The van der Waals surface area contributed by atoms with Crippen LogP contribution in [0, 0.1) is 17.8 Å². The first-order valence-electron chi connectivity index (χ1n) is 12.5. The van der Waals surface area contributed by atoms with Crippen LogP contribution in [0.15, 0.2) is 77.8 Å². The van der Waals surface area contributed by atoms with Gasteiger partial charge >= 0.3 is 5.97 Å². The van der Waals surface area contributed by atoms with Crippen LogP contribution in [0.25, 0.3) is 10.8 Å². The molecule has 2 aliphatic rings. The van der Waals surface area contributed by atoms with Crippen LogP contribution in [-0.4, -0.2) is 24.0 Å². The first-order valence-corrected chi connectivity index (χ1v) is 12.5. The first kappa shape index (κ1) is 22.6. The van der Waals surface area contributed by atoms with Crippen molar-refractivity contribution in [2.75, 3.05) is 0 Å². The molecular weight excluding hydrogens is 422 g/mol. The fraction of sp³-hybridized carbons (Fsp3) is 0.400. The summed E-state index contributed by atoms with van der Waals surface area (Å²) in [5, 5.41) is 2.19. The number of carbonyl (C=O) groups is 1. The van der Waals surface area contributed by atoms with E-state index in [1.165, 1.54) is 6.42 Å². The van der Waals surface area contributed by atoms with E-state index < -0.39 is 12.1 Å². The second kappa shape index (κ2) is 9.61. The van der Waals surface area contributed by atoms with Crippen LogP contribution in [-0.2, 0) is 14.3 Å². The Bertz CT molecular complexity index is 1180. The molecule has 5 atom stereocenters. The fourth-order valence-corrected chi connectivity index (χ4v) is 5.51. The van der Waals surface area contributed by atoms with Crippen molar-refractivity contribution in [3.8, 4) is 0 Å². The van der Waals surface area contributed by atoms with Gasteiger partial charge in [-0.05, 0) is 53.5 Å². The van der Waals surface area contributed by atoms with Crippen LogP contribution in [0.4, 0.5) is 0 Å². The summed E-state index contributed by atoms with van der Waals surface area (Å²) in [5.41, 5.74) is 1.83. The van der Waals surface area contributed by atoms with Gasteiger partial charge < -0.3 is 9.47 Å². The minimum atomic E-state index is -0.731. The summed E-state index contributed by atoms with van der Waals surface area (Å²) >= 11 is 0. The number of carbonyl (C=O) groups excluding carboxylic acids is 1. The second-order valence-corrected chi connectivity index (χ2v) is 10.2. The smallest absolute Gasteiger partial charge is 0.335 e. The summed E-state index contributed by atoms with van der Waals surface area (Å²) in [5.74, 6) is 1.63. The molecule has 0 amide bonds. The van der Waals surface area contributed by atoms with Gasteiger partial charge in [-0.25, -0.2) is 9.79 Å². The molecule has 0 aromatic heterocycles. The molecule has 4 heteroatoms. The predicted octanol–water partition coefficient (Wildman–Crippen LogP) is 6.73. The number of benzene rings is 3. The highest BCUT2D eigenvalue weighted by Crippen LogP contribution is 2.39. The number of nitrogens with zero attached hydrogens (tertiary/aromatic N) is 1. The van der Waals surface area contributed by atoms with E-state index in [-0.39, 0.29) is 12.1 Å². The molecule has 1 saturated carbocycles. The molecule has 1 aliphatic heterocycles. The van der Waals surface area contributed by atoms with E-state index in [0.29, 0.717) is 23.7 Å². The molecule has 0 N–H and O–H groups in total. The molecule has 0 spiro atoms. The number of ether oxygens (including phenoxy) is 2. The van der Waals surface area contributed by atoms with Crippen molar-refractivity contribution in [3.63, 3.8) is 0 Å². The Morgan fingerprint density at radius 1 is 0.971 bits per heavy atom. The van der Waals surface area contributed by atoms with E-state index in [2.05, 4.69) is 39.0 Å². The van der Waals surface area contributed by atoms with Crippen molar-refractivity contribution in [3.05, 3.63) is 83.9 Å². The van der Waals surface area contributed by atoms with Gasteiger partial charge in [0.1, 0.15) is 6.10 Å².